The van der Waals surface area contributed by atoms with Crippen LogP contribution in [0.15, 0.2) is 12.1 Å². The SMILES string of the molecule is Cc1cc(C)c2c(c1)N(C)C(CN)CN2C. The van der Waals surface area contributed by atoms with Crippen molar-refractivity contribution < 1.29 is 0 Å². The average Bonchev–Trinajstić information content (AvgIpc) is 2.22. The summed E-state index contributed by atoms with van der Waals surface area (Å²) in [7, 11) is 4.29. The van der Waals surface area contributed by atoms with E-state index in [9.17, 15) is 0 Å². The first kappa shape index (κ1) is 11.3. The van der Waals surface area contributed by atoms with Crippen LogP contribution in [0.3, 0.4) is 0 Å². The number of aryl methyl sites for hydroxylation is 2. The number of nitrogens with zero attached hydrogens (tertiary/aromatic N) is 2. The van der Waals surface area contributed by atoms with E-state index >= 15 is 0 Å². The molecule has 1 atom stereocenters. The predicted octanol–water partition coefficient (Wildman–Crippen LogP) is 1.52. The molecule has 2 rings (SSSR count). The summed E-state index contributed by atoms with van der Waals surface area (Å²) in [6.45, 7) is 6.03. The van der Waals surface area contributed by atoms with Crippen LogP contribution in [0.2, 0.25) is 0 Å². The zero-order valence-corrected chi connectivity index (χ0v) is 10.6. The molecule has 0 spiro atoms. The molecule has 1 aliphatic rings. The predicted molar refractivity (Wildman–Crippen MR) is 70.4 cm³/mol. The second-order valence-electron chi connectivity index (χ2n) is 4.83. The third-order valence-electron chi connectivity index (χ3n) is 3.49. The van der Waals surface area contributed by atoms with Gasteiger partial charge in [-0.2, -0.15) is 0 Å². The summed E-state index contributed by atoms with van der Waals surface area (Å²) in [5, 5.41) is 0. The number of nitrogens with two attached hydrogens (primary N) is 1. The fourth-order valence-electron chi connectivity index (χ4n) is 2.66. The Morgan fingerprint density at radius 2 is 2.00 bits per heavy atom. The van der Waals surface area contributed by atoms with Gasteiger partial charge in [-0.3, -0.25) is 0 Å². The quantitative estimate of drug-likeness (QED) is 0.777. The smallest absolute Gasteiger partial charge is 0.0632 e. The average molecular weight is 219 g/mol. The lowest BCUT2D eigenvalue weighted by Crippen LogP contribution is -2.50. The zero-order valence-electron chi connectivity index (χ0n) is 10.6. The largest absolute Gasteiger partial charge is 0.371 e. The van der Waals surface area contributed by atoms with Crippen molar-refractivity contribution in [2.75, 3.05) is 37.0 Å². The van der Waals surface area contributed by atoms with Crippen molar-refractivity contribution in [1.29, 1.82) is 0 Å². The maximum absolute atomic E-state index is 5.82. The van der Waals surface area contributed by atoms with Gasteiger partial charge in [0.1, 0.15) is 0 Å². The van der Waals surface area contributed by atoms with Crippen LogP contribution in [0.1, 0.15) is 11.1 Å². The molecular formula is C13H21N3. The van der Waals surface area contributed by atoms with E-state index in [1.807, 2.05) is 0 Å². The lowest BCUT2D eigenvalue weighted by atomic mass is 10.0. The number of likely N-dealkylation sites (N-methyl/N-ethyl adjacent to an activating group) is 2. The van der Waals surface area contributed by atoms with E-state index in [0.29, 0.717) is 12.6 Å². The Balaban J connectivity index is 2.54. The van der Waals surface area contributed by atoms with Gasteiger partial charge in [0.15, 0.2) is 0 Å². The molecule has 0 aromatic heterocycles. The molecule has 0 radical (unpaired) electrons. The second kappa shape index (κ2) is 3.98. The van der Waals surface area contributed by atoms with Crippen LogP contribution in [-0.4, -0.2) is 33.2 Å². The zero-order chi connectivity index (χ0) is 11.9. The van der Waals surface area contributed by atoms with Crippen LogP contribution >= 0.6 is 0 Å². The highest BCUT2D eigenvalue weighted by Gasteiger charge is 2.26. The molecule has 3 nitrogen and oxygen atoms in total. The number of fused-ring (bicyclic) bond motifs is 1. The van der Waals surface area contributed by atoms with Crippen LogP contribution in [0, 0.1) is 13.8 Å². The Morgan fingerprint density at radius 1 is 1.31 bits per heavy atom. The monoisotopic (exact) mass is 219 g/mol. The molecule has 1 heterocycles. The number of hydrogen-bond acceptors (Lipinski definition) is 3. The fourth-order valence-corrected chi connectivity index (χ4v) is 2.66. The van der Waals surface area contributed by atoms with Crippen LogP contribution in [0.4, 0.5) is 11.4 Å². The van der Waals surface area contributed by atoms with Gasteiger partial charge in [-0.05, 0) is 31.0 Å². The van der Waals surface area contributed by atoms with E-state index in [0.717, 1.165) is 6.54 Å². The number of benzene rings is 1. The van der Waals surface area contributed by atoms with Gasteiger partial charge >= 0.3 is 0 Å². The van der Waals surface area contributed by atoms with Crippen molar-refractivity contribution >= 4 is 11.4 Å². The molecule has 0 saturated carbocycles. The highest BCUT2D eigenvalue weighted by Crippen LogP contribution is 2.37. The van der Waals surface area contributed by atoms with E-state index < -0.39 is 0 Å². The van der Waals surface area contributed by atoms with E-state index in [2.05, 4.69) is 49.9 Å². The highest BCUT2D eigenvalue weighted by atomic mass is 15.3. The van der Waals surface area contributed by atoms with Gasteiger partial charge < -0.3 is 15.5 Å². The molecule has 1 aromatic rings. The first-order valence-electron chi connectivity index (χ1n) is 5.80. The Bertz CT molecular complexity index is 400. The van der Waals surface area contributed by atoms with Crippen molar-refractivity contribution in [2.45, 2.75) is 19.9 Å². The number of anilines is 2. The standard InChI is InChI=1S/C13H21N3/c1-9-5-10(2)13-12(6-9)16(4)11(7-14)8-15(13)3/h5-6,11H,7-8,14H2,1-4H3. The lowest BCUT2D eigenvalue weighted by Gasteiger charge is -2.42. The van der Waals surface area contributed by atoms with Crippen molar-refractivity contribution in [3.63, 3.8) is 0 Å². The van der Waals surface area contributed by atoms with E-state index in [1.54, 1.807) is 0 Å². The molecule has 0 bridgehead atoms. The third-order valence-corrected chi connectivity index (χ3v) is 3.49. The minimum atomic E-state index is 0.415. The van der Waals surface area contributed by atoms with Crippen molar-refractivity contribution in [3.05, 3.63) is 23.3 Å². The molecule has 0 amide bonds. The Hall–Kier alpha value is -1.22. The van der Waals surface area contributed by atoms with Crippen LogP contribution < -0.4 is 15.5 Å². The Labute approximate surface area is 97.8 Å². The van der Waals surface area contributed by atoms with Gasteiger partial charge in [0.05, 0.1) is 17.4 Å². The van der Waals surface area contributed by atoms with Crippen LogP contribution in [-0.2, 0) is 0 Å². The Kier molecular flexibility index (Phi) is 2.80. The van der Waals surface area contributed by atoms with Gasteiger partial charge in [0, 0.05) is 27.2 Å². The summed E-state index contributed by atoms with van der Waals surface area (Å²) < 4.78 is 0. The van der Waals surface area contributed by atoms with Crippen LogP contribution in [0.25, 0.3) is 0 Å². The molecule has 2 N–H and O–H groups in total. The van der Waals surface area contributed by atoms with Gasteiger partial charge in [-0.15, -0.1) is 0 Å². The molecule has 0 saturated heterocycles. The minimum Gasteiger partial charge on any atom is -0.371 e. The normalized spacial score (nSPS) is 19.9. The van der Waals surface area contributed by atoms with Gasteiger partial charge in [0.25, 0.3) is 0 Å². The summed E-state index contributed by atoms with van der Waals surface area (Å²) in [6.07, 6.45) is 0. The molecular weight excluding hydrogens is 198 g/mol. The third kappa shape index (κ3) is 1.65. The van der Waals surface area contributed by atoms with Crippen molar-refractivity contribution in [2.24, 2.45) is 5.73 Å². The molecule has 1 unspecified atom stereocenters. The molecule has 88 valence electrons. The van der Waals surface area contributed by atoms with Gasteiger partial charge in [-0.25, -0.2) is 0 Å². The molecule has 3 heteroatoms. The maximum atomic E-state index is 5.82. The summed E-state index contributed by atoms with van der Waals surface area (Å²) in [4.78, 5) is 4.64. The second-order valence-corrected chi connectivity index (χ2v) is 4.83. The first-order chi connectivity index (χ1) is 7.54. The molecule has 16 heavy (non-hydrogen) atoms. The molecule has 0 aliphatic carbocycles. The Morgan fingerprint density at radius 3 is 2.62 bits per heavy atom. The summed E-state index contributed by atoms with van der Waals surface area (Å²) >= 11 is 0. The van der Waals surface area contributed by atoms with Crippen molar-refractivity contribution in [3.8, 4) is 0 Å². The van der Waals surface area contributed by atoms with Gasteiger partial charge in [0.2, 0.25) is 0 Å². The molecule has 1 aliphatic heterocycles. The maximum Gasteiger partial charge on any atom is 0.0632 e. The number of rotatable bonds is 1. The molecule has 0 fully saturated rings. The fraction of sp³-hybridized carbons (Fsp3) is 0.538. The van der Waals surface area contributed by atoms with Gasteiger partial charge in [-0.1, -0.05) is 6.07 Å². The first-order valence-corrected chi connectivity index (χ1v) is 5.80. The summed E-state index contributed by atoms with van der Waals surface area (Å²) in [5.41, 5.74) is 11.1. The lowest BCUT2D eigenvalue weighted by molar-refractivity contribution is 0.608. The minimum absolute atomic E-state index is 0.415. The topological polar surface area (TPSA) is 32.5 Å². The van der Waals surface area contributed by atoms with E-state index in [1.165, 1.54) is 22.5 Å². The van der Waals surface area contributed by atoms with Crippen molar-refractivity contribution in [1.82, 2.24) is 0 Å². The summed E-state index contributed by atoms with van der Waals surface area (Å²) in [5.74, 6) is 0. The van der Waals surface area contributed by atoms with E-state index in [4.69, 9.17) is 5.73 Å². The number of hydrogen-bond donors (Lipinski definition) is 1. The molecule has 1 aromatic carbocycles. The van der Waals surface area contributed by atoms with Crippen LogP contribution in [0.5, 0.6) is 0 Å². The highest BCUT2D eigenvalue weighted by molar-refractivity contribution is 5.77. The van der Waals surface area contributed by atoms with E-state index in [-0.39, 0.29) is 0 Å². The summed E-state index contributed by atoms with van der Waals surface area (Å²) in [6, 6.07) is 4.91.